The number of carbonyl (C=O) groups excluding carboxylic acids is 1. The molecule has 2 heteroatoms. The summed E-state index contributed by atoms with van der Waals surface area (Å²) in [5, 5.41) is 0. The monoisotopic (exact) mass is 115 g/mol. The van der Waals surface area contributed by atoms with Crippen molar-refractivity contribution in [3.8, 4) is 0 Å². The van der Waals surface area contributed by atoms with E-state index < -0.39 is 0 Å². The lowest BCUT2D eigenvalue weighted by Gasteiger charge is -1.92. The van der Waals surface area contributed by atoms with Crippen LogP contribution in [-0.2, 0) is 4.79 Å². The van der Waals surface area contributed by atoms with Crippen LogP contribution in [0.2, 0.25) is 0 Å². The maximum Gasteiger partial charge on any atom is 0.360 e. The maximum atomic E-state index is 10.7. The summed E-state index contributed by atoms with van der Waals surface area (Å²) >= 11 is 0. The SMILES string of the molecule is CCCC(=O)[N+](C)C. The lowest BCUT2D eigenvalue weighted by atomic mass is 10.3. The second-order valence-electron chi connectivity index (χ2n) is 2.04. The Morgan fingerprint density at radius 2 is 2.00 bits per heavy atom. The summed E-state index contributed by atoms with van der Waals surface area (Å²) in [4.78, 5) is 12.3. The van der Waals surface area contributed by atoms with Gasteiger partial charge in [-0.3, -0.25) is 0 Å². The van der Waals surface area contributed by atoms with E-state index in [1.165, 1.54) is 0 Å². The molecule has 1 amide bonds. The third-order valence-corrected chi connectivity index (χ3v) is 0.963. The molecule has 1 radical (unpaired) electrons. The van der Waals surface area contributed by atoms with E-state index in [1.807, 2.05) is 6.92 Å². The molecule has 0 spiro atoms. The van der Waals surface area contributed by atoms with Crippen molar-refractivity contribution in [3.05, 3.63) is 0 Å². The second-order valence-corrected chi connectivity index (χ2v) is 2.04. The molecule has 0 heterocycles. The van der Waals surface area contributed by atoms with Gasteiger partial charge in [0.25, 0.3) is 0 Å². The van der Waals surface area contributed by atoms with Crippen LogP contribution < -0.4 is 4.90 Å². The smallest absolute Gasteiger partial charge is 0.225 e. The van der Waals surface area contributed by atoms with Crippen LogP contribution in [0.15, 0.2) is 0 Å². The first kappa shape index (κ1) is 7.63. The summed E-state index contributed by atoms with van der Waals surface area (Å²) in [6, 6.07) is 0. The van der Waals surface area contributed by atoms with E-state index in [-0.39, 0.29) is 5.91 Å². The maximum absolute atomic E-state index is 10.7. The third-order valence-electron chi connectivity index (χ3n) is 0.963. The summed E-state index contributed by atoms with van der Waals surface area (Å²) in [6.07, 6.45) is 1.62. The van der Waals surface area contributed by atoms with Gasteiger partial charge in [-0.1, -0.05) is 6.92 Å². The molecule has 0 bridgehead atoms. The molecule has 0 aliphatic carbocycles. The Morgan fingerprint density at radius 3 is 2.12 bits per heavy atom. The highest BCUT2D eigenvalue weighted by molar-refractivity contribution is 5.77. The first-order valence-electron chi connectivity index (χ1n) is 2.88. The summed E-state index contributed by atoms with van der Waals surface area (Å²) in [5.74, 6) is 0.215. The molecule has 0 unspecified atom stereocenters. The van der Waals surface area contributed by atoms with Gasteiger partial charge in [-0.15, -0.1) is 4.90 Å². The third kappa shape index (κ3) is 2.75. The summed E-state index contributed by atoms with van der Waals surface area (Å²) in [6.45, 7) is 2.00. The van der Waals surface area contributed by atoms with Crippen molar-refractivity contribution in [2.45, 2.75) is 19.8 Å². The largest absolute Gasteiger partial charge is 0.360 e. The van der Waals surface area contributed by atoms with E-state index in [4.69, 9.17) is 0 Å². The van der Waals surface area contributed by atoms with Crippen molar-refractivity contribution in [2.75, 3.05) is 14.1 Å². The Balaban J connectivity index is 3.33. The molecule has 0 atom stereocenters. The predicted molar refractivity (Wildman–Crippen MR) is 33.9 cm³/mol. The highest BCUT2D eigenvalue weighted by Crippen LogP contribution is 1.87. The van der Waals surface area contributed by atoms with Gasteiger partial charge in [-0.2, -0.15) is 0 Å². The summed E-state index contributed by atoms with van der Waals surface area (Å²) in [7, 11) is 3.55. The van der Waals surface area contributed by atoms with E-state index in [2.05, 4.69) is 0 Å². The van der Waals surface area contributed by atoms with Gasteiger partial charge in [0.2, 0.25) is 0 Å². The van der Waals surface area contributed by atoms with E-state index in [1.54, 1.807) is 19.0 Å². The first-order chi connectivity index (χ1) is 3.68. The molecule has 0 aromatic carbocycles. The number of rotatable bonds is 2. The van der Waals surface area contributed by atoms with E-state index in [0.717, 1.165) is 6.42 Å². The molecule has 0 saturated heterocycles. The van der Waals surface area contributed by atoms with Crippen molar-refractivity contribution >= 4 is 5.91 Å². The highest BCUT2D eigenvalue weighted by atomic mass is 16.2. The zero-order valence-electron chi connectivity index (χ0n) is 5.77. The van der Waals surface area contributed by atoms with Gasteiger partial charge < -0.3 is 0 Å². The van der Waals surface area contributed by atoms with Crippen molar-refractivity contribution in [3.63, 3.8) is 0 Å². The molecule has 0 aromatic rings. The van der Waals surface area contributed by atoms with Gasteiger partial charge in [0, 0.05) is 0 Å². The molecule has 8 heavy (non-hydrogen) atoms. The number of hydrogen-bond acceptors (Lipinski definition) is 1. The molecule has 0 fully saturated rings. The van der Waals surface area contributed by atoms with Gasteiger partial charge in [0.1, 0.15) is 14.1 Å². The first-order valence-corrected chi connectivity index (χ1v) is 2.88. The Kier molecular flexibility index (Phi) is 3.44. The van der Waals surface area contributed by atoms with Crippen LogP contribution in [0.5, 0.6) is 0 Å². The van der Waals surface area contributed by atoms with Crippen LogP contribution in [0.1, 0.15) is 19.8 Å². The fourth-order valence-electron chi connectivity index (χ4n) is 0.437. The highest BCUT2D eigenvalue weighted by Gasteiger charge is 2.11. The Morgan fingerprint density at radius 1 is 1.50 bits per heavy atom. The van der Waals surface area contributed by atoms with Gasteiger partial charge in [-0.05, 0) is 6.42 Å². The summed E-state index contributed by atoms with van der Waals surface area (Å²) < 4.78 is 0. The molecule has 0 aliphatic heterocycles. The van der Waals surface area contributed by atoms with Gasteiger partial charge in [0.05, 0.1) is 6.42 Å². The van der Waals surface area contributed by atoms with Crippen LogP contribution in [0.4, 0.5) is 0 Å². The quantitative estimate of drug-likeness (QED) is 0.486. The van der Waals surface area contributed by atoms with Crippen molar-refractivity contribution in [1.82, 2.24) is 4.90 Å². The molecule has 0 N–H and O–H groups in total. The van der Waals surface area contributed by atoms with Crippen molar-refractivity contribution in [1.29, 1.82) is 0 Å². The Labute approximate surface area is 50.5 Å². The number of nitrogens with zero attached hydrogens (tertiary/aromatic N) is 1. The van der Waals surface area contributed by atoms with E-state index in [0.29, 0.717) is 6.42 Å². The lowest BCUT2D eigenvalue weighted by Crippen LogP contribution is -2.26. The molecule has 47 valence electrons. The minimum absolute atomic E-state index is 0.215. The van der Waals surface area contributed by atoms with Crippen LogP contribution in [0.3, 0.4) is 0 Å². The molecular formula is C6H13NO+. The van der Waals surface area contributed by atoms with Crippen LogP contribution in [0.25, 0.3) is 0 Å². The number of carbonyl (C=O) groups is 1. The van der Waals surface area contributed by atoms with Gasteiger partial charge in [0.15, 0.2) is 0 Å². The molecule has 0 aromatic heterocycles. The molecule has 0 rings (SSSR count). The van der Waals surface area contributed by atoms with Crippen molar-refractivity contribution in [2.24, 2.45) is 0 Å². The average Bonchev–Trinajstić information content (AvgIpc) is 1.67. The average molecular weight is 115 g/mol. The van der Waals surface area contributed by atoms with Crippen LogP contribution in [0, 0.1) is 0 Å². The van der Waals surface area contributed by atoms with Crippen LogP contribution >= 0.6 is 0 Å². The lowest BCUT2D eigenvalue weighted by molar-refractivity contribution is -0.124. The number of amides is 1. The fraction of sp³-hybridized carbons (Fsp3) is 0.833. The molecule has 2 nitrogen and oxygen atoms in total. The number of hydrogen-bond donors (Lipinski definition) is 0. The van der Waals surface area contributed by atoms with E-state index in [9.17, 15) is 4.79 Å². The molecule has 0 saturated carbocycles. The Hall–Kier alpha value is -0.370. The zero-order valence-corrected chi connectivity index (χ0v) is 5.77. The minimum atomic E-state index is 0.215. The van der Waals surface area contributed by atoms with Gasteiger partial charge in [-0.25, -0.2) is 4.79 Å². The fourth-order valence-corrected chi connectivity index (χ4v) is 0.437. The van der Waals surface area contributed by atoms with E-state index >= 15 is 0 Å². The predicted octanol–water partition coefficient (Wildman–Crippen LogP) is 0.713. The minimum Gasteiger partial charge on any atom is -0.225 e. The normalized spacial score (nSPS) is 10.0. The standard InChI is InChI=1S/C6H13NO/c1-4-5-6(8)7(2)3/h4-5H2,1-3H3/q+1. The summed E-state index contributed by atoms with van der Waals surface area (Å²) in [5.41, 5.74) is 0. The zero-order chi connectivity index (χ0) is 6.57. The molecular weight excluding hydrogens is 102 g/mol. The second kappa shape index (κ2) is 3.61. The molecule has 0 aliphatic rings. The Bertz CT molecular complexity index is 78.6. The van der Waals surface area contributed by atoms with Crippen LogP contribution in [-0.4, -0.2) is 20.0 Å². The van der Waals surface area contributed by atoms with Gasteiger partial charge >= 0.3 is 5.91 Å². The topological polar surface area (TPSA) is 23.0 Å². The van der Waals surface area contributed by atoms with Crippen molar-refractivity contribution < 1.29 is 4.79 Å².